The van der Waals surface area contributed by atoms with Crippen LogP contribution in [0.4, 0.5) is 4.79 Å². The summed E-state index contributed by atoms with van der Waals surface area (Å²) < 4.78 is 5.19. The summed E-state index contributed by atoms with van der Waals surface area (Å²) in [5.74, 6) is -0.467. The highest BCUT2D eigenvalue weighted by molar-refractivity contribution is 7.14. The zero-order valence-electron chi connectivity index (χ0n) is 6.24. The number of nitrogens with one attached hydrogen (secondary N) is 1. The molecule has 6 heteroatoms. The highest BCUT2D eigenvalue weighted by Gasteiger charge is 2.35. The summed E-state index contributed by atoms with van der Waals surface area (Å²) in [5, 5.41) is 3.76. The number of carbonyl (C=O) groups excluding carboxylic acids is 2. The molecular formula is C7H4ClNO3S. The first-order chi connectivity index (χ1) is 6.18. The Bertz CT molecular complexity index is 376. The molecule has 2 heterocycles. The van der Waals surface area contributed by atoms with E-state index in [9.17, 15) is 9.59 Å². The third-order valence-corrected chi connectivity index (χ3v) is 2.82. The van der Waals surface area contributed by atoms with E-state index in [0.29, 0.717) is 9.90 Å². The van der Waals surface area contributed by atoms with E-state index in [2.05, 4.69) is 0 Å². The van der Waals surface area contributed by atoms with Gasteiger partial charge in [0.25, 0.3) is 5.91 Å². The van der Waals surface area contributed by atoms with E-state index >= 15 is 0 Å². The van der Waals surface area contributed by atoms with Crippen molar-refractivity contribution in [2.75, 3.05) is 0 Å². The number of amides is 2. The first-order valence-electron chi connectivity index (χ1n) is 3.43. The smallest absolute Gasteiger partial charge is 0.415 e. The van der Waals surface area contributed by atoms with E-state index in [-0.39, 0.29) is 0 Å². The zero-order valence-corrected chi connectivity index (χ0v) is 7.82. The van der Waals surface area contributed by atoms with Gasteiger partial charge in [-0.05, 0) is 11.4 Å². The van der Waals surface area contributed by atoms with Crippen molar-refractivity contribution in [3.63, 3.8) is 0 Å². The number of halogens is 1. The van der Waals surface area contributed by atoms with Crippen LogP contribution in [0.2, 0.25) is 4.34 Å². The number of hydrogen-bond donors (Lipinski definition) is 1. The van der Waals surface area contributed by atoms with E-state index in [1.54, 1.807) is 11.4 Å². The summed E-state index contributed by atoms with van der Waals surface area (Å²) in [4.78, 5) is 21.8. The quantitative estimate of drug-likeness (QED) is 0.779. The van der Waals surface area contributed by atoms with Crippen molar-refractivity contribution < 1.29 is 14.3 Å². The van der Waals surface area contributed by atoms with Gasteiger partial charge in [0.1, 0.15) is 4.34 Å². The zero-order chi connectivity index (χ0) is 9.42. The fourth-order valence-corrected chi connectivity index (χ4v) is 2.01. The van der Waals surface area contributed by atoms with Crippen LogP contribution in [-0.2, 0) is 9.53 Å². The van der Waals surface area contributed by atoms with Gasteiger partial charge in [-0.3, -0.25) is 10.1 Å². The third kappa shape index (κ3) is 1.40. The minimum atomic E-state index is -0.883. The molecule has 0 aromatic carbocycles. The van der Waals surface area contributed by atoms with Crippen molar-refractivity contribution in [2.24, 2.45) is 0 Å². The number of cyclic esters (lactones) is 1. The lowest BCUT2D eigenvalue weighted by atomic mass is 10.2. The Morgan fingerprint density at radius 2 is 2.31 bits per heavy atom. The van der Waals surface area contributed by atoms with Crippen molar-refractivity contribution in [3.8, 4) is 0 Å². The molecule has 2 rings (SSSR count). The Labute approximate surface area is 82.5 Å². The molecule has 1 aliphatic rings. The number of alkyl carbamates (subject to hydrolysis) is 1. The normalized spacial score (nSPS) is 21.5. The molecule has 1 unspecified atom stereocenters. The number of rotatable bonds is 1. The number of hydrogen-bond acceptors (Lipinski definition) is 4. The van der Waals surface area contributed by atoms with E-state index in [1.807, 2.05) is 5.32 Å². The summed E-state index contributed by atoms with van der Waals surface area (Å²) in [5.41, 5.74) is 0.537. The summed E-state index contributed by atoms with van der Waals surface area (Å²) in [6.45, 7) is 0. The van der Waals surface area contributed by atoms with Gasteiger partial charge in [-0.15, -0.1) is 11.3 Å². The molecule has 1 fully saturated rings. The highest BCUT2D eigenvalue weighted by atomic mass is 35.5. The summed E-state index contributed by atoms with van der Waals surface area (Å²) in [6.07, 6.45) is -1.61. The van der Waals surface area contributed by atoms with Gasteiger partial charge in [0.05, 0.1) is 0 Å². The van der Waals surface area contributed by atoms with Gasteiger partial charge in [-0.1, -0.05) is 11.6 Å². The average molecular weight is 218 g/mol. The van der Waals surface area contributed by atoms with Gasteiger partial charge in [0.2, 0.25) is 6.10 Å². The molecule has 0 radical (unpaired) electrons. The Morgan fingerprint density at radius 1 is 1.54 bits per heavy atom. The first kappa shape index (κ1) is 8.52. The van der Waals surface area contributed by atoms with E-state index in [1.165, 1.54) is 11.3 Å². The van der Waals surface area contributed by atoms with Gasteiger partial charge in [-0.25, -0.2) is 4.79 Å². The van der Waals surface area contributed by atoms with Gasteiger partial charge in [-0.2, -0.15) is 0 Å². The average Bonchev–Trinajstić information content (AvgIpc) is 2.58. The molecule has 0 bridgehead atoms. The minimum absolute atomic E-state index is 0.467. The highest BCUT2D eigenvalue weighted by Crippen LogP contribution is 2.32. The molecule has 13 heavy (non-hydrogen) atoms. The van der Waals surface area contributed by atoms with Crippen LogP contribution in [0.25, 0.3) is 0 Å². The number of imide groups is 1. The molecule has 68 valence electrons. The molecule has 1 atom stereocenters. The van der Waals surface area contributed by atoms with Crippen molar-refractivity contribution in [1.29, 1.82) is 0 Å². The minimum Gasteiger partial charge on any atom is -0.431 e. The Hall–Kier alpha value is -1.07. The van der Waals surface area contributed by atoms with Crippen LogP contribution in [0.3, 0.4) is 0 Å². The largest absolute Gasteiger partial charge is 0.431 e. The van der Waals surface area contributed by atoms with E-state index < -0.39 is 18.1 Å². The second-order valence-electron chi connectivity index (χ2n) is 2.42. The van der Waals surface area contributed by atoms with Crippen LogP contribution >= 0.6 is 22.9 Å². The lowest BCUT2D eigenvalue weighted by molar-refractivity contribution is -0.123. The Morgan fingerprint density at radius 3 is 2.77 bits per heavy atom. The third-order valence-electron chi connectivity index (χ3n) is 1.62. The monoisotopic (exact) mass is 217 g/mol. The molecule has 1 aromatic heterocycles. The molecule has 2 amide bonds. The predicted octanol–water partition coefficient (Wildman–Crippen LogP) is 1.71. The molecule has 1 saturated heterocycles. The molecule has 1 aliphatic heterocycles. The van der Waals surface area contributed by atoms with Gasteiger partial charge in [0, 0.05) is 5.56 Å². The molecule has 1 N–H and O–H groups in total. The maximum absolute atomic E-state index is 11.1. The van der Waals surface area contributed by atoms with Gasteiger partial charge < -0.3 is 4.74 Å². The fourth-order valence-electron chi connectivity index (χ4n) is 1.05. The maximum atomic E-state index is 11.1. The van der Waals surface area contributed by atoms with Gasteiger partial charge >= 0.3 is 6.09 Å². The molecule has 1 aromatic rings. The lowest BCUT2D eigenvalue weighted by Crippen LogP contribution is -2.20. The van der Waals surface area contributed by atoms with Crippen molar-refractivity contribution >= 4 is 34.9 Å². The van der Waals surface area contributed by atoms with Crippen LogP contribution < -0.4 is 5.32 Å². The van der Waals surface area contributed by atoms with Crippen LogP contribution in [0, 0.1) is 0 Å². The predicted molar refractivity (Wildman–Crippen MR) is 46.7 cm³/mol. The second kappa shape index (κ2) is 3.01. The van der Waals surface area contributed by atoms with Crippen LogP contribution in [0.15, 0.2) is 11.4 Å². The molecule has 0 aliphatic carbocycles. The molecule has 0 spiro atoms. The van der Waals surface area contributed by atoms with Crippen molar-refractivity contribution in [1.82, 2.24) is 5.32 Å². The van der Waals surface area contributed by atoms with E-state index in [4.69, 9.17) is 16.3 Å². The van der Waals surface area contributed by atoms with E-state index in [0.717, 1.165) is 0 Å². The standard InChI is InChI=1S/C7H4ClNO3S/c8-5-3(1-2-13-5)4-6(10)9-7(11)12-4/h1-2,4H,(H,9,10,11). The summed E-state index contributed by atoms with van der Waals surface area (Å²) in [6, 6.07) is 1.66. The maximum Gasteiger partial charge on any atom is 0.415 e. The van der Waals surface area contributed by atoms with Crippen molar-refractivity contribution in [2.45, 2.75) is 6.10 Å². The summed E-state index contributed by atoms with van der Waals surface area (Å²) >= 11 is 7.07. The van der Waals surface area contributed by atoms with Crippen LogP contribution in [0.5, 0.6) is 0 Å². The van der Waals surface area contributed by atoms with Crippen molar-refractivity contribution in [3.05, 3.63) is 21.3 Å². The van der Waals surface area contributed by atoms with Crippen LogP contribution in [0.1, 0.15) is 11.7 Å². The Kier molecular flexibility index (Phi) is 1.97. The SMILES string of the molecule is O=C1NC(=O)C(c2ccsc2Cl)O1. The molecule has 0 saturated carbocycles. The molecule has 4 nitrogen and oxygen atoms in total. The first-order valence-corrected chi connectivity index (χ1v) is 4.68. The molecular weight excluding hydrogens is 214 g/mol. The van der Waals surface area contributed by atoms with Gasteiger partial charge in [0.15, 0.2) is 0 Å². The topological polar surface area (TPSA) is 55.4 Å². The second-order valence-corrected chi connectivity index (χ2v) is 3.94. The number of carbonyl (C=O) groups is 2. The lowest BCUT2D eigenvalue weighted by Gasteiger charge is -2.02. The van der Waals surface area contributed by atoms with Crippen LogP contribution in [-0.4, -0.2) is 12.0 Å². The summed E-state index contributed by atoms with van der Waals surface area (Å²) in [7, 11) is 0. The number of thiophene rings is 1. The number of ether oxygens (including phenoxy) is 1. The Balaban J connectivity index is 2.32. The fraction of sp³-hybridized carbons (Fsp3) is 0.143.